The van der Waals surface area contributed by atoms with Gasteiger partial charge in [0.25, 0.3) is 0 Å². The first-order chi connectivity index (χ1) is 8.45. The molecule has 0 aromatic rings. The van der Waals surface area contributed by atoms with Crippen molar-refractivity contribution in [1.29, 1.82) is 0 Å². The Kier molecular flexibility index (Phi) is 10.7. The van der Waals surface area contributed by atoms with Crippen molar-refractivity contribution in [1.82, 2.24) is 0 Å². The summed E-state index contributed by atoms with van der Waals surface area (Å²) in [4.78, 5) is 0. The van der Waals surface area contributed by atoms with Crippen molar-refractivity contribution >= 4 is 10.4 Å². The van der Waals surface area contributed by atoms with Gasteiger partial charge in [-0.15, -0.1) is 0 Å². The second-order valence-electron chi connectivity index (χ2n) is 5.05. The zero-order valence-electron chi connectivity index (χ0n) is 11.7. The van der Waals surface area contributed by atoms with Gasteiger partial charge in [0.05, 0.1) is 6.61 Å². The van der Waals surface area contributed by atoms with E-state index in [4.69, 9.17) is 4.55 Å². The fourth-order valence-corrected chi connectivity index (χ4v) is 2.33. The Morgan fingerprint density at radius 3 is 2.06 bits per heavy atom. The Labute approximate surface area is 112 Å². The number of unbranched alkanes of at least 4 members (excludes halogenated alkanes) is 5. The van der Waals surface area contributed by atoms with Gasteiger partial charge in [0.1, 0.15) is 0 Å². The van der Waals surface area contributed by atoms with Crippen LogP contribution in [0.1, 0.15) is 71.6 Å². The van der Waals surface area contributed by atoms with Crippen LogP contribution in [-0.4, -0.2) is 19.6 Å². The fourth-order valence-electron chi connectivity index (χ4n) is 2.00. The van der Waals surface area contributed by atoms with Crippen molar-refractivity contribution in [3.63, 3.8) is 0 Å². The zero-order valence-corrected chi connectivity index (χ0v) is 12.5. The van der Waals surface area contributed by atoms with Gasteiger partial charge in [0, 0.05) is 0 Å². The SMILES string of the molecule is CCCCCCC(C)CCCCCOS(=O)(=O)O. The average Bonchev–Trinajstić information content (AvgIpc) is 2.28. The van der Waals surface area contributed by atoms with Crippen molar-refractivity contribution in [2.45, 2.75) is 71.6 Å². The lowest BCUT2D eigenvalue weighted by Crippen LogP contribution is -2.04. The van der Waals surface area contributed by atoms with Gasteiger partial charge in [-0.3, -0.25) is 4.55 Å². The van der Waals surface area contributed by atoms with Crippen LogP contribution in [0.3, 0.4) is 0 Å². The predicted molar refractivity (Wildman–Crippen MR) is 73.9 cm³/mol. The van der Waals surface area contributed by atoms with E-state index in [1.165, 1.54) is 38.5 Å². The van der Waals surface area contributed by atoms with E-state index < -0.39 is 10.4 Å². The number of hydrogen-bond donors (Lipinski definition) is 1. The lowest BCUT2D eigenvalue weighted by Gasteiger charge is -2.10. The summed E-state index contributed by atoms with van der Waals surface area (Å²) < 4.78 is 33.2. The zero-order chi connectivity index (χ0) is 13.9. The molecule has 1 N–H and O–H groups in total. The summed E-state index contributed by atoms with van der Waals surface area (Å²) in [6, 6.07) is 0. The molecular weight excluding hydrogens is 252 g/mol. The van der Waals surface area contributed by atoms with E-state index >= 15 is 0 Å². The van der Waals surface area contributed by atoms with Gasteiger partial charge in [-0.05, 0) is 12.3 Å². The molecule has 1 unspecified atom stereocenters. The Morgan fingerprint density at radius 1 is 1.00 bits per heavy atom. The van der Waals surface area contributed by atoms with E-state index in [0.717, 1.165) is 18.8 Å². The van der Waals surface area contributed by atoms with E-state index in [0.29, 0.717) is 6.42 Å². The Hall–Kier alpha value is -0.130. The van der Waals surface area contributed by atoms with Crippen LogP contribution in [0.2, 0.25) is 0 Å². The van der Waals surface area contributed by atoms with Gasteiger partial charge in [0.15, 0.2) is 0 Å². The summed E-state index contributed by atoms with van der Waals surface area (Å²) in [5.74, 6) is 0.754. The van der Waals surface area contributed by atoms with E-state index in [-0.39, 0.29) is 6.61 Å². The second-order valence-corrected chi connectivity index (χ2v) is 6.14. The van der Waals surface area contributed by atoms with Crippen molar-refractivity contribution in [2.24, 2.45) is 5.92 Å². The molecule has 0 aliphatic carbocycles. The first-order valence-corrected chi connectivity index (χ1v) is 8.44. The summed E-state index contributed by atoms with van der Waals surface area (Å²) in [6.45, 7) is 4.59. The molecule has 0 aliphatic rings. The molecule has 0 aliphatic heterocycles. The van der Waals surface area contributed by atoms with Gasteiger partial charge in [0.2, 0.25) is 0 Å². The maximum atomic E-state index is 10.3. The molecule has 0 amide bonds. The third kappa shape index (κ3) is 13.9. The first-order valence-electron chi connectivity index (χ1n) is 7.07. The highest BCUT2D eigenvalue weighted by Crippen LogP contribution is 2.17. The normalized spacial score (nSPS) is 13.7. The highest BCUT2D eigenvalue weighted by atomic mass is 32.3. The van der Waals surface area contributed by atoms with Crippen molar-refractivity contribution in [2.75, 3.05) is 6.61 Å². The van der Waals surface area contributed by atoms with Crippen LogP contribution < -0.4 is 0 Å². The summed E-state index contributed by atoms with van der Waals surface area (Å²) >= 11 is 0. The van der Waals surface area contributed by atoms with Gasteiger partial charge in [-0.1, -0.05) is 65.2 Å². The summed E-state index contributed by atoms with van der Waals surface area (Å²) in [5.41, 5.74) is 0. The van der Waals surface area contributed by atoms with Crippen LogP contribution >= 0.6 is 0 Å². The Bertz CT molecular complexity index is 275. The third-order valence-electron chi connectivity index (χ3n) is 3.12. The summed E-state index contributed by atoms with van der Waals surface area (Å²) in [6.07, 6.45) is 10.5. The molecule has 110 valence electrons. The number of hydrogen-bond acceptors (Lipinski definition) is 3. The molecule has 0 spiro atoms. The second kappa shape index (κ2) is 10.8. The molecule has 0 aromatic heterocycles. The standard InChI is InChI=1S/C13H28O4S/c1-3-4-5-7-10-13(2)11-8-6-9-12-17-18(14,15)16/h13H,3-12H2,1-2H3,(H,14,15,16). The Morgan fingerprint density at radius 2 is 1.56 bits per heavy atom. The van der Waals surface area contributed by atoms with Gasteiger partial charge in [-0.2, -0.15) is 8.42 Å². The average molecular weight is 280 g/mol. The monoisotopic (exact) mass is 280 g/mol. The first kappa shape index (κ1) is 17.9. The highest BCUT2D eigenvalue weighted by Gasteiger charge is 2.04. The van der Waals surface area contributed by atoms with Crippen LogP contribution in [-0.2, 0) is 14.6 Å². The molecule has 4 nitrogen and oxygen atoms in total. The minimum Gasteiger partial charge on any atom is -0.264 e. The van der Waals surface area contributed by atoms with Gasteiger partial charge >= 0.3 is 10.4 Å². The van der Waals surface area contributed by atoms with E-state index in [9.17, 15) is 8.42 Å². The van der Waals surface area contributed by atoms with Crippen LogP contribution in [0.25, 0.3) is 0 Å². The van der Waals surface area contributed by atoms with Crippen LogP contribution in [0.4, 0.5) is 0 Å². The van der Waals surface area contributed by atoms with E-state index in [1.807, 2.05) is 0 Å². The molecule has 0 saturated heterocycles. The molecule has 0 heterocycles. The molecule has 0 fully saturated rings. The molecule has 0 bridgehead atoms. The predicted octanol–water partition coefficient (Wildman–Crippen LogP) is 3.97. The smallest absolute Gasteiger partial charge is 0.264 e. The maximum absolute atomic E-state index is 10.3. The van der Waals surface area contributed by atoms with Crippen LogP contribution in [0.5, 0.6) is 0 Å². The third-order valence-corrected chi connectivity index (χ3v) is 3.59. The van der Waals surface area contributed by atoms with Gasteiger partial charge in [-0.25, -0.2) is 4.18 Å². The van der Waals surface area contributed by atoms with Crippen molar-refractivity contribution in [3.05, 3.63) is 0 Å². The lowest BCUT2D eigenvalue weighted by atomic mass is 9.97. The quantitative estimate of drug-likeness (QED) is 0.434. The van der Waals surface area contributed by atoms with Crippen molar-refractivity contribution < 1.29 is 17.2 Å². The topological polar surface area (TPSA) is 63.6 Å². The molecule has 18 heavy (non-hydrogen) atoms. The molecule has 0 aromatic carbocycles. The summed E-state index contributed by atoms with van der Waals surface area (Å²) in [5, 5.41) is 0. The fraction of sp³-hybridized carbons (Fsp3) is 1.00. The molecule has 5 heteroatoms. The lowest BCUT2D eigenvalue weighted by molar-refractivity contribution is 0.260. The van der Waals surface area contributed by atoms with Crippen molar-refractivity contribution in [3.8, 4) is 0 Å². The van der Waals surface area contributed by atoms with Crippen LogP contribution in [0.15, 0.2) is 0 Å². The Balaban J connectivity index is 3.27. The highest BCUT2D eigenvalue weighted by molar-refractivity contribution is 7.80. The summed E-state index contributed by atoms with van der Waals surface area (Å²) in [7, 11) is -4.25. The van der Waals surface area contributed by atoms with Crippen LogP contribution in [0, 0.1) is 5.92 Å². The molecule has 0 radical (unpaired) electrons. The minimum atomic E-state index is -4.25. The van der Waals surface area contributed by atoms with E-state index in [1.54, 1.807) is 0 Å². The molecule has 0 saturated carbocycles. The maximum Gasteiger partial charge on any atom is 0.397 e. The van der Waals surface area contributed by atoms with E-state index in [2.05, 4.69) is 18.0 Å². The largest absolute Gasteiger partial charge is 0.397 e. The molecular formula is C13H28O4S. The number of rotatable bonds is 12. The minimum absolute atomic E-state index is 0.0870. The molecule has 1 atom stereocenters. The van der Waals surface area contributed by atoms with Gasteiger partial charge < -0.3 is 0 Å². The molecule has 0 rings (SSSR count).